The molecule has 0 atom stereocenters. The number of benzene rings is 2. The van der Waals surface area contributed by atoms with Gasteiger partial charge in [0.25, 0.3) is 0 Å². The summed E-state index contributed by atoms with van der Waals surface area (Å²) >= 11 is 0. The quantitative estimate of drug-likeness (QED) is 0.615. The molecule has 6 heteroatoms. The Bertz CT molecular complexity index is 924. The molecule has 1 heterocycles. The van der Waals surface area contributed by atoms with Crippen molar-refractivity contribution in [2.45, 2.75) is 20.0 Å². The minimum Gasteiger partial charge on any atom is -0.497 e. The Morgan fingerprint density at radius 1 is 1.04 bits per heavy atom. The van der Waals surface area contributed by atoms with E-state index in [0.29, 0.717) is 23.6 Å². The second kappa shape index (κ2) is 8.22. The van der Waals surface area contributed by atoms with Crippen LogP contribution < -0.4 is 9.47 Å². The van der Waals surface area contributed by atoms with Crippen LogP contribution in [-0.4, -0.2) is 31.2 Å². The van der Waals surface area contributed by atoms with Gasteiger partial charge in [-0.2, -0.15) is 0 Å². The third kappa shape index (κ3) is 4.46. The summed E-state index contributed by atoms with van der Waals surface area (Å²) in [6.45, 7) is 3.16. The van der Waals surface area contributed by atoms with Crippen LogP contribution >= 0.6 is 0 Å². The summed E-state index contributed by atoms with van der Waals surface area (Å²) in [4.78, 5) is 6.62. The number of ether oxygens (including phenoxy) is 2. The van der Waals surface area contributed by atoms with Crippen molar-refractivity contribution in [3.63, 3.8) is 0 Å². The number of hydrogen-bond donors (Lipinski definition) is 0. The summed E-state index contributed by atoms with van der Waals surface area (Å²) in [5, 5.41) is 0. The predicted molar refractivity (Wildman–Crippen MR) is 101 cm³/mol. The highest BCUT2D eigenvalue weighted by atomic mass is 19.1. The van der Waals surface area contributed by atoms with E-state index in [9.17, 15) is 4.39 Å². The van der Waals surface area contributed by atoms with Crippen molar-refractivity contribution in [3.8, 4) is 23.0 Å². The van der Waals surface area contributed by atoms with Crippen LogP contribution in [-0.2, 0) is 13.1 Å². The van der Waals surface area contributed by atoms with Crippen LogP contribution in [0.15, 0.2) is 46.9 Å². The van der Waals surface area contributed by atoms with Crippen molar-refractivity contribution < 1.29 is 18.3 Å². The molecule has 142 valence electrons. The van der Waals surface area contributed by atoms with E-state index in [4.69, 9.17) is 13.9 Å². The number of methoxy groups -OCH3 is 2. The van der Waals surface area contributed by atoms with Crippen LogP contribution in [0.25, 0.3) is 11.5 Å². The lowest BCUT2D eigenvalue weighted by molar-refractivity contribution is 0.312. The zero-order valence-corrected chi connectivity index (χ0v) is 16.0. The highest BCUT2D eigenvalue weighted by Crippen LogP contribution is 2.27. The maximum atomic E-state index is 14.3. The van der Waals surface area contributed by atoms with Crippen molar-refractivity contribution in [2.24, 2.45) is 0 Å². The number of nitrogens with zero attached hydrogens (tertiary/aromatic N) is 2. The zero-order valence-electron chi connectivity index (χ0n) is 16.0. The van der Waals surface area contributed by atoms with Gasteiger partial charge in [-0.05, 0) is 43.8 Å². The molecule has 3 aromatic rings. The van der Waals surface area contributed by atoms with Crippen LogP contribution in [0.4, 0.5) is 4.39 Å². The number of rotatable bonds is 7. The lowest BCUT2D eigenvalue weighted by Crippen LogP contribution is -2.18. The smallest absolute Gasteiger partial charge is 0.229 e. The van der Waals surface area contributed by atoms with Crippen LogP contribution in [0.3, 0.4) is 0 Å². The summed E-state index contributed by atoms with van der Waals surface area (Å²) in [7, 11) is 5.16. The number of aryl methyl sites for hydroxylation is 1. The van der Waals surface area contributed by atoms with Gasteiger partial charge in [0, 0.05) is 19.2 Å². The van der Waals surface area contributed by atoms with Gasteiger partial charge in [0.1, 0.15) is 23.1 Å². The molecule has 27 heavy (non-hydrogen) atoms. The van der Waals surface area contributed by atoms with Gasteiger partial charge in [-0.25, -0.2) is 9.37 Å². The first kappa shape index (κ1) is 18.9. The zero-order chi connectivity index (χ0) is 19.4. The van der Waals surface area contributed by atoms with E-state index >= 15 is 0 Å². The van der Waals surface area contributed by atoms with E-state index in [0.717, 1.165) is 23.6 Å². The fourth-order valence-electron chi connectivity index (χ4n) is 2.88. The summed E-state index contributed by atoms with van der Waals surface area (Å²) < 4.78 is 30.3. The van der Waals surface area contributed by atoms with Crippen molar-refractivity contribution in [3.05, 3.63) is 65.3 Å². The van der Waals surface area contributed by atoms with E-state index in [1.807, 2.05) is 38.2 Å². The molecule has 0 aliphatic rings. The molecule has 0 saturated carbocycles. The molecule has 0 spiro atoms. The van der Waals surface area contributed by atoms with Crippen molar-refractivity contribution >= 4 is 0 Å². The Balaban J connectivity index is 1.74. The predicted octanol–water partition coefficient (Wildman–Crippen LogP) is 4.44. The Labute approximate surface area is 158 Å². The Morgan fingerprint density at radius 3 is 2.48 bits per heavy atom. The number of aromatic nitrogens is 1. The number of hydrogen-bond acceptors (Lipinski definition) is 5. The fraction of sp³-hybridized carbons (Fsp3) is 0.286. The summed E-state index contributed by atoms with van der Waals surface area (Å²) in [5.41, 5.74) is 2.24. The lowest BCUT2D eigenvalue weighted by Gasteiger charge is -2.16. The van der Waals surface area contributed by atoms with Gasteiger partial charge in [-0.3, -0.25) is 4.90 Å². The molecule has 1 aromatic heterocycles. The van der Waals surface area contributed by atoms with Gasteiger partial charge in [0.2, 0.25) is 5.89 Å². The normalized spacial score (nSPS) is 11.0. The van der Waals surface area contributed by atoms with E-state index in [-0.39, 0.29) is 5.89 Å². The van der Waals surface area contributed by atoms with Gasteiger partial charge in [0.05, 0.1) is 25.5 Å². The van der Waals surface area contributed by atoms with Crippen molar-refractivity contribution in [1.29, 1.82) is 0 Å². The molecule has 0 fully saturated rings. The molecule has 5 nitrogen and oxygen atoms in total. The van der Waals surface area contributed by atoms with Gasteiger partial charge in [-0.15, -0.1) is 0 Å². The topological polar surface area (TPSA) is 47.7 Å². The highest BCUT2D eigenvalue weighted by Gasteiger charge is 2.17. The molecular weight excluding hydrogens is 347 g/mol. The molecule has 0 aliphatic heterocycles. The maximum Gasteiger partial charge on any atom is 0.229 e. The SMILES string of the molecule is COc1cccc(CN(C)Cc2nc(-c3ccc(OC)cc3F)oc2C)c1. The monoisotopic (exact) mass is 370 g/mol. The fourth-order valence-corrected chi connectivity index (χ4v) is 2.88. The van der Waals surface area contributed by atoms with Crippen LogP contribution in [0.2, 0.25) is 0 Å². The first-order chi connectivity index (χ1) is 13.0. The molecular formula is C21H23FN2O3. The minimum absolute atomic E-state index is 0.275. The summed E-state index contributed by atoms with van der Waals surface area (Å²) in [6.07, 6.45) is 0. The standard InChI is InChI=1S/C21H23FN2O3/c1-14-20(13-24(2)12-15-6-5-7-16(10-15)25-3)23-21(27-14)18-9-8-17(26-4)11-19(18)22/h5-11H,12-13H2,1-4H3. The number of oxazole rings is 1. The largest absolute Gasteiger partial charge is 0.497 e. The molecule has 0 saturated heterocycles. The number of halogens is 1. The van der Waals surface area contributed by atoms with E-state index in [2.05, 4.69) is 9.88 Å². The van der Waals surface area contributed by atoms with Gasteiger partial charge >= 0.3 is 0 Å². The second-order valence-electron chi connectivity index (χ2n) is 6.39. The third-order valence-electron chi connectivity index (χ3n) is 4.31. The average molecular weight is 370 g/mol. The van der Waals surface area contributed by atoms with Crippen LogP contribution in [0.1, 0.15) is 17.0 Å². The molecule has 0 amide bonds. The molecule has 0 aliphatic carbocycles. The molecule has 3 rings (SSSR count). The summed E-state index contributed by atoms with van der Waals surface area (Å²) in [5.74, 6) is 1.82. The first-order valence-corrected chi connectivity index (χ1v) is 8.62. The summed E-state index contributed by atoms with van der Waals surface area (Å²) in [6, 6.07) is 12.6. The van der Waals surface area contributed by atoms with Crippen molar-refractivity contribution in [1.82, 2.24) is 9.88 Å². The first-order valence-electron chi connectivity index (χ1n) is 8.62. The third-order valence-corrected chi connectivity index (χ3v) is 4.31. The maximum absolute atomic E-state index is 14.3. The minimum atomic E-state index is -0.424. The van der Waals surface area contributed by atoms with Gasteiger partial charge < -0.3 is 13.9 Å². The Hall–Kier alpha value is -2.86. The van der Waals surface area contributed by atoms with Crippen LogP contribution in [0, 0.1) is 12.7 Å². The second-order valence-corrected chi connectivity index (χ2v) is 6.39. The molecule has 0 bridgehead atoms. The Morgan fingerprint density at radius 2 is 1.78 bits per heavy atom. The van der Waals surface area contributed by atoms with Gasteiger partial charge in [0.15, 0.2) is 0 Å². The van der Waals surface area contributed by atoms with E-state index in [1.165, 1.54) is 13.2 Å². The highest BCUT2D eigenvalue weighted by molar-refractivity contribution is 5.56. The molecule has 0 radical (unpaired) electrons. The molecule has 0 unspecified atom stereocenters. The molecule has 2 aromatic carbocycles. The Kier molecular flexibility index (Phi) is 5.76. The van der Waals surface area contributed by atoms with Crippen LogP contribution in [0.5, 0.6) is 11.5 Å². The van der Waals surface area contributed by atoms with Crippen molar-refractivity contribution in [2.75, 3.05) is 21.3 Å². The van der Waals surface area contributed by atoms with E-state index < -0.39 is 5.82 Å². The molecule has 0 N–H and O–H groups in total. The van der Waals surface area contributed by atoms with E-state index in [1.54, 1.807) is 19.2 Å². The van der Waals surface area contributed by atoms with Gasteiger partial charge in [-0.1, -0.05) is 12.1 Å². The lowest BCUT2D eigenvalue weighted by atomic mass is 10.2. The average Bonchev–Trinajstić information content (AvgIpc) is 3.01.